The van der Waals surface area contributed by atoms with Crippen molar-refractivity contribution >= 4 is 35.3 Å². The van der Waals surface area contributed by atoms with E-state index >= 15 is 0 Å². The Balaban J connectivity index is 3.29. The maximum Gasteiger partial charge on any atom is 0.337 e. The van der Waals surface area contributed by atoms with Crippen LogP contribution in [0, 0.1) is 0 Å². The second-order valence-electron chi connectivity index (χ2n) is 2.60. The number of aliphatic imine (C=N–C) groups is 1. The van der Waals surface area contributed by atoms with Gasteiger partial charge in [0.2, 0.25) is 6.08 Å². The van der Waals surface area contributed by atoms with Crippen molar-refractivity contribution in [3.05, 3.63) is 33.3 Å². The fraction of sp³-hybridized carbons (Fsp3) is 0.111. The molecule has 0 amide bonds. The number of hydrogen-bond acceptors (Lipinski definition) is 3. The van der Waals surface area contributed by atoms with E-state index in [2.05, 4.69) is 4.99 Å². The van der Waals surface area contributed by atoms with Crippen LogP contribution in [0.15, 0.2) is 17.1 Å². The summed E-state index contributed by atoms with van der Waals surface area (Å²) in [6, 6.07) is 2.69. The molecule has 6 heteroatoms. The molecule has 0 fully saturated rings. The Bertz CT molecular complexity index is 453. The number of carboxylic acids is 1. The number of hydrogen-bond donors (Lipinski definition) is 1. The van der Waals surface area contributed by atoms with Gasteiger partial charge >= 0.3 is 5.97 Å². The summed E-state index contributed by atoms with van der Waals surface area (Å²) in [5, 5.41) is 9.03. The monoisotopic (exact) mass is 245 g/mol. The topological polar surface area (TPSA) is 66.7 Å². The largest absolute Gasteiger partial charge is 0.478 e. The minimum absolute atomic E-state index is 0.00556. The third-order valence-electron chi connectivity index (χ3n) is 1.72. The molecule has 0 atom stereocenters. The van der Waals surface area contributed by atoms with E-state index in [1.807, 2.05) is 0 Å². The summed E-state index contributed by atoms with van der Waals surface area (Å²) < 4.78 is 0. The van der Waals surface area contributed by atoms with Crippen LogP contribution in [-0.4, -0.2) is 17.2 Å². The van der Waals surface area contributed by atoms with E-state index in [1.54, 1.807) is 0 Å². The van der Waals surface area contributed by atoms with Crippen LogP contribution in [0.4, 0.5) is 0 Å². The molecule has 1 aromatic rings. The van der Waals surface area contributed by atoms with Gasteiger partial charge in [0.25, 0.3) is 0 Å². The van der Waals surface area contributed by atoms with Crippen LogP contribution in [0.25, 0.3) is 0 Å². The Morgan fingerprint density at radius 2 is 2.13 bits per heavy atom. The van der Waals surface area contributed by atoms with Gasteiger partial charge in [0.15, 0.2) is 0 Å². The molecule has 0 saturated carbocycles. The molecule has 1 aromatic carbocycles. The predicted octanol–water partition coefficient (Wildman–Crippen LogP) is 2.53. The summed E-state index contributed by atoms with van der Waals surface area (Å²) in [6.07, 6.45) is 1.33. The summed E-state index contributed by atoms with van der Waals surface area (Å²) in [4.78, 5) is 23.9. The highest BCUT2D eigenvalue weighted by Gasteiger charge is 2.14. The summed E-state index contributed by atoms with van der Waals surface area (Å²) in [7, 11) is 0. The van der Waals surface area contributed by atoms with Gasteiger partial charge in [-0.15, -0.1) is 0 Å². The molecule has 15 heavy (non-hydrogen) atoms. The Morgan fingerprint density at radius 1 is 1.47 bits per heavy atom. The lowest BCUT2D eigenvalue weighted by atomic mass is 10.1. The van der Waals surface area contributed by atoms with Gasteiger partial charge in [-0.3, -0.25) is 0 Å². The maximum atomic E-state index is 10.7. The van der Waals surface area contributed by atoms with Crippen LogP contribution in [-0.2, 0) is 11.3 Å². The van der Waals surface area contributed by atoms with Crippen molar-refractivity contribution in [2.75, 3.05) is 0 Å². The Kier molecular flexibility index (Phi) is 3.86. The van der Waals surface area contributed by atoms with Gasteiger partial charge in [0.1, 0.15) is 0 Å². The molecule has 78 valence electrons. The summed E-state index contributed by atoms with van der Waals surface area (Å²) in [6.45, 7) is -0.0811. The predicted molar refractivity (Wildman–Crippen MR) is 55.2 cm³/mol. The molecule has 0 bridgehead atoms. The molecule has 0 aromatic heterocycles. The molecular weight excluding hydrogens is 241 g/mol. The maximum absolute atomic E-state index is 10.7. The van der Waals surface area contributed by atoms with Crippen molar-refractivity contribution in [3.63, 3.8) is 0 Å². The Morgan fingerprint density at radius 3 is 2.67 bits per heavy atom. The molecule has 0 aliphatic rings. The van der Waals surface area contributed by atoms with Gasteiger partial charge in [-0.05, 0) is 12.1 Å². The molecule has 1 N–H and O–H groups in total. The van der Waals surface area contributed by atoms with E-state index < -0.39 is 5.97 Å². The van der Waals surface area contributed by atoms with Crippen molar-refractivity contribution in [2.45, 2.75) is 6.54 Å². The number of halogens is 2. The second kappa shape index (κ2) is 4.94. The van der Waals surface area contributed by atoms with Crippen LogP contribution in [0.3, 0.4) is 0 Å². The molecular formula is C9H5Cl2NO3. The van der Waals surface area contributed by atoms with Crippen LogP contribution in [0.1, 0.15) is 15.9 Å². The Hall–Kier alpha value is -1.35. The molecule has 0 aliphatic carbocycles. The molecule has 4 nitrogen and oxygen atoms in total. The van der Waals surface area contributed by atoms with Crippen LogP contribution >= 0.6 is 23.2 Å². The zero-order chi connectivity index (χ0) is 11.4. The second-order valence-corrected chi connectivity index (χ2v) is 3.39. The van der Waals surface area contributed by atoms with Crippen molar-refractivity contribution < 1.29 is 14.7 Å². The quantitative estimate of drug-likeness (QED) is 0.658. The summed E-state index contributed by atoms with van der Waals surface area (Å²) in [5.41, 5.74) is 0.235. The number of carbonyl (C=O) groups is 1. The van der Waals surface area contributed by atoms with Crippen LogP contribution < -0.4 is 0 Å². The number of carbonyl (C=O) groups excluding carboxylic acids is 1. The van der Waals surface area contributed by atoms with Crippen LogP contribution in [0.5, 0.6) is 0 Å². The summed E-state index contributed by atoms with van der Waals surface area (Å²) in [5.74, 6) is -1.16. The lowest BCUT2D eigenvalue weighted by molar-refractivity contribution is 0.0697. The lowest BCUT2D eigenvalue weighted by Gasteiger charge is -2.05. The molecule has 0 heterocycles. The first-order valence-electron chi connectivity index (χ1n) is 3.81. The number of rotatable bonds is 3. The molecule has 0 unspecified atom stereocenters. The summed E-state index contributed by atoms with van der Waals surface area (Å²) >= 11 is 11.6. The SMILES string of the molecule is O=C=NCc1c(Cl)ccc(C(=O)O)c1Cl. The average molecular weight is 246 g/mol. The highest BCUT2D eigenvalue weighted by atomic mass is 35.5. The van der Waals surface area contributed by atoms with E-state index in [-0.39, 0.29) is 22.2 Å². The normalized spacial score (nSPS) is 9.47. The first-order chi connectivity index (χ1) is 7.07. The number of carboxylic acid groups (broad SMARTS) is 1. The van der Waals surface area contributed by atoms with Gasteiger partial charge in [0, 0.05) is 10.6 Å². The number of isocyanates is 1. The molecule has 0 radical (unpaired) electrons. The highest BCUT2D eigenvalue weighted by Crippen LogP contribution is 2.28. The van der Waals surface area contributed by atoms with Crippen molar-refractivity contribution in [2.24, 2.45) is 4.99 Å². The number of nitrogens with zero attached hydrogens (tertiary/aromatic N) is 1. The zero-order valence-corrected chi connectivity index (χ0v) is 8.84. The van der Waals surface area contributed by atoms with Gasteiger partial charge in [0.05, 0.1) is 17.1 Å². The third kappa shape index (κ3) is 2.57. The minimum Gasteiger partial charge on any atom is -0.478 e. The molecule has 0 aliphatic heterocycles. The van der Waals surface area contributed by atoms with E-state index in [0.717, 1.165) is 0 Å². The van der Waals surface area contributed by atoms with Gasteiger partial charge in [-0.2, -0.15) is 0 Å². The van der Waals surface area contributed by atoms with Gasteiger partial charge in [-0.25, -0.2) is 14.6 Å². The minimum atomic E-state index is -1.16. The smallest absolute Gasteiger partial charge is 0.337 e. The van der Waals surface area contributed by atoms with Crippen molar-refractivity contribution in [3.8, 4) is 0 Å². The van der Waals surface area contributed by atoms with Crippen LogP contribution in [0.2, 0.25) is 10.0 Å². The highest BCUT2D eigenvalue weighted by molar-refractivity contribution is 6.37. The number of benzene rings is 1. The average Bonchev–Trinajstić information content (AvgIpc) is 2.17. The third-order valence-corrected chi connectivity index (χ3v) is 2.50. The number of aromatic carboxylic acids is 1. The van der Waals surface area contributed by atoms with E-state index in [4.69, 9.17) is 28.3 Å². The fourth-order valence-corrected chi connectivity index (χ4v) is 1.59. The molecule has 0 spiro atoms. The lowest BCUT2D eigenvalue weighted by Crippen LogP contribution is -2.00. The van der Waals surface area contributed by atoms with Crippen molar-refractivity contribution in [1.82, 2.24) is 0 Å². The van der Waals surface area contributed by atoms with E-state index in [9.17, 15) is 9.59 Å². The van der Waals surface area contributed by atoms with Gasteiger partial charge in [-0.1, -0.05) is 23.2 Å². The van der Waals surface area contributed by atoms with E-state index in [0.29, 0.717) is 5.56 Å². The fourth-order valence-electron chi connectivity index (χ4n) is 1.02. The van der Waals surface area contributed by atoms with Crippen molar-refractivity contribution in [1.29, 1.82) is 0 Å². The first kappa shape index (κ1) is 11.7. The Labute approximate surface area is 95.1 Å². The standard InChI is InChI=1S/C9H5Cl2NO3/c10-7-2-1-5(9(14)15)8(11)6(7)3-12-4-13/h1-2H,3H2,(H,14,15). The molecule has 0 saturated heterocycles. The first-order valence-corrected chi connectivity index (χ1v) is 4.57. The zero-order valence-electron chi connectivity index (χ0n) is 7.33. The molecule has 1 rings (SSSR count). The van der Waals surface area contributed by atoms with E-state index in [1.165, 1.54) is 18.2 Å². The van der Waals surface area contributed by atoms with Gasteiger partial charge < -0.3 is 5.11 Å².